The largest absolute Gasteiger partial charge is 0.481 e. The molecule has 126 valence electrons. The van der Waals surface area contributed by atoms with Gasteiger partial charge >= 0.3 is 0 Å². The van der Waals surface area contributed by atoms with Gasteiger partial charge < -0.3 is 15.0 Å². The Hall–Kier alpha value is -2.56. The molecule has 0 saturated heterocycles. The Morgan fingerprint density at radius 1 is 1.21 bits per heavy atom. The highest BCUT2D eigenvalue weighted by molar-refractivity contribution is 5.98. The van der Waals surface area contributed by atoms with E-state index in [2.05, 4.69) is 19.2 Å². The molecule has 1 aliphatic rings. The van der Waals surface area contributed by atoms with Gasteiger partial charge in [0.15, 0.2) is 6.61 Å². The van der Waals surface area contributed by atoms with Crippen LogP contribution in [0.3, 0.4) is 0 Å². The minimum Gasteiger partial charge on any atom is -0.481 e. The number of halogens is 1. The molecule has 1 N–H and O–H groups in total. The molecule has 0 spiro atoms. The number of hydrogen-bond acceptors (Lipinski definition) is 3. The van der Waals surface area contributed by atoms with Crippen LogP contribution in [0.25, 0.3) is 0 Å². The van der Waals surface area contributed by atoms with Gasteiger partial charge in [-0.15, -0.1) is 0 Å². The number of benzene rings is 2. The van der Waals surface area contributed by atoms with E-state index >= 15 is 0 Å². The number of fused-ring (bicyclic) bond motifs is 1. The van der Waals surface area contributed by atoms with Crippen LogP contribution in [0.2, 0.25) is 0 Å². The summed E-state index contributed by atoms with van der Waals surface area (Å²) in [5.74, 6) is 0.842. The van der Waals surface area contributed by atoms with E-state index in [4.69, 9.17) is 4.74 Å². The van der Waals surface area contributed by atoms with E-state index in [-0.39, 0.29) is 18.3 Å². The van der Waals surface area contributed by atoms with Gasteiger partial charge in [-0.3, -0.25) is 4.79 Å². The maximum absolute atomic E-state index is 12.9. The van der Waals surface area contributed by atoms with E-state index in [1.807, 2.05) is 18.2 Å². The molecule has 0 unspecified atom stereocenters. The lowest BCUT2D eigenvalue weighted by molar-refractivity contribution is -0.121. The summed E-state index contributed by atoms with van der Waals surface area (Å²) >= 11 is 0. The van der Waals surface area contributed by atoms with Crippen molar-refractivity contribution >= 4 is 17.3 Å². The second kappa shape index (κ2) is 6.91. The van der Waals surface area contributed by atoms with Crippen molar-refractivity contribution in [3.63, 3.8) is 0 Å². The second-order valence-corrected chi connectivity index (χ2v) is 6.35. The van der Waals surface area contributed by atoms with Gasteiger partial charge in [0, 0.05) is 24.8 Å². The number of amides is 1. The molecule has 0 atom stereocenters. The molecule has 3 rings (SSSR count). The minimum atomic E-state index is -0.240. The van der Waals surface area contributed by atoms with Gasteiger partial charge in [-0.1, -0.05) is 26.0 Å². The van der Waals surface area contributed by atoms with Crippen LogP contribution in [0.4, 0.5) is 15.8 Å². The first-order valence-electron chi connectivity index (χ1n) is 8.08. The number of hydrogen-bond donors (Lipinski definition) is 1. The number of ether oxygens (including phenoxy) is 1. The van der Waals surface area contributed by atoms with Crippen LogP contribution < -0.4 is 15.0 Å². The number of nitrogens with zero attached hydrogens (tertiary/aromatic N) is 1. The Balaban J connectivity index is 1.73. The average molecular weight is 328 g/mol. The van der Waals surface area contributed by atoms with Crippen LogP contribution in [0, 0.1) is 11.7 Å². The predicted molar refractivity (Wildman–Crippen MR) is 92.9 cm³/mol. The number of nitrogens with one attached hydrogen (secondary N) is 1. The summed E-state index contributed by atoms with van der Waals surface area (Å²) in [5.41, 5.74) is 2.70. The Kier molecular flexibility index (Phi) is 4.69. The van der Waals surface area contributed by atoms with Gasteiger partial charge in [0.1, 0.15) is 11.6 Å². The van der Waals surface area contributed by atoms with Crippen LogP contribution >= 0.6 is 0 Å². The Bertz CT molecular complexity index is 729. The zero-order chi connectivity index (χ0) is 17.1. The highest BCUT2D eigenvalue weighted by Gasteiger charge is 2.26. The van der Waals surface area contributed by atoms with E-state index in [0.717, 1.165) is 16.9 Å². The summed E-state index contributed by atoms with van der Waals surface area (Å²) in [6.45, 7) is 5.51. The third kappa shape index (κ3) is 3.67. The normalized spacial score (nSPS) is 13.7. The Morgan fingerprint density at radius 2 is 1.96 bits per heavy atom. The van der Waals surface area contributed by atoms with Gasteiger partial charge in [0.05, 0.1) is 5.69 Å². The van der Waals surface area contributed by atoms with E-state index in [0.29, 0.717) is 24.8 Å². The summed E-state index contributed by atoms with van der Waals surface area (Å²) in [6.07, 6.45) is 0. The molecule has 0 aromatic heterocycles. The molecule has 5 heteroatoms. The fourth-order valence-electron chi connectivity index (χ4n) is 2.69. The summed E-state index contributed by atoms with van der Waals surface area (Å²) in [4.78, 5) is 13.9. The van der Waals surface area contributed by atoms with Crippen LogP contribution in [0.5, 0.6) is 5.75 Å². The monoisotopic (exact) mass is 328 g/mol. The first-order chi connectivity index (χ1) is 11.5. The molecule has 1 amide bonds. The van der Waals surface area contributed by atoms with Gasteiger partial charge in [-0.25, -0.2) is 4.39 Å². The maximum Gasteiger partial charge on any atom is 0.265 e. The summed E-state index contributed by atoms with van der Waals surface area (Å²) < 4.78 is 18.5. The fourth-order valence-corrected chi connectivity index (χ4v) is 2.69. The topological polar surface area (TPSA) is 41.6 Å². The predicted octanol–water partition coefficient (Wildman–Crippen LogP) is 3.82. The third-order valence-electron chi connectivity index (χ3n) is 3.86. The van der Waals surface area contributed by atoms with Crippen molar-refractivity contribution in [3.05, 3.63) is 53.8 Å². The highest BCUT2D eigenvalue weighted by Crippen LogP contribution is 2.35. The summed E-state index contributed by atoms with van der Waals surface area (Å²) in [6, 6.07) is 12.1. The molecular weight excluding hydrogens is 307 g/mol. The van der Waals surface area contributed by atoms with Crippen molar-refractivity contribution < 1.29 is 13.9 Å². The van der Waals surface area contributed by atoms with Gasteiger partial charge in [0.2, 0.25) is 0 Å². The first kappa shape index (κ1) is 16.3. The fraction of sp³-hybridized carbons (Fsp3) is 0.316. The molecule has 0 bridgehead atoms. The molecule has 0 aliphatic carbocycles. The zero-order valence-electron chi connectivity index (χ0n) is 13.9. The molecule has 4 nitrogen and oxygen atoms in total. The molecule has 2 aromatic carbocycles. The van der Waals surface area contributed by atoms with Crippen LogP contribution in [0.1, 0.15) is 19.4 Å². The average Bonchev–Trinajstić information content (AvgIpc) is 2.56. The van der Waals surface area contributed by atoms with Crippen molar-refractivity contribution in [2.24, 2.45) is 5.92 Å². The lowest BCUT2D eigenvalue weighted by atomic mass is 10.1. The second-order valence-electron chi connectivity index (χ2n) is 6.35. The zero-order valence-corrected chi connectivity index (χ0v) is 13.9. The first-order valence-corrected chi connectivity index (χ1v) is 8.08. The molecule has 0 radical (unpaired) electrons. The van der Waals surface area contributed by atoms with Crippen molar-refractivity contribution in [3.8, 4) is 5.75 Å². The number of carbonyl (C=O) groups excluding carboxylic acids is 1. The van der Waals surface area contributed by atoms with Crippen LogP contribution in [0.15, 0.2) is 42.5 Å². The lowest BCUT2D eigenvalue weighted by Gasteiger charge is -2.31. The van der Waals surface area contributed by atoms with Gasteiger partial charge in [0.25, 0.3) is 5.91 Å². The third-order valence-corrected chi connectivity index (χ3v) is 3.86. The van der Waals surface area contributed by atoms with E-state index in [1.54, 1.807) is 17.0 Å². The number of rotatable bonds is 5. The lowest BCUT2D eigenvalue weighted by Crippen LogP contribution is -2.40. The van der Waals surface area contributed by atoms with Crippen LogP contribution in [-0.2, 0) is 11.3 Å². The maximum atomic E-state index is 12.9. The van der Waals surface area contributed by atoms with E-state index in [9.17, 15) is 9.18 Å². The summed E-state index contributed by atoms with van der Waals surface area (Å²) in [5, 5.41) is 3.29. The molecule has 1 heterocycles. The quantitative estimate of drug-likeness (QED) is 0.907. The van der Waals surface area contributed by atoms with Gasteiger partial charge in [-0.2, -0.15) is 0 Å². The summed E-state index contributed by atoms with van der Waals surface area (Å²) in [7, 11) is 0. The van der Waals surface area contributed by atoms with Crippen LogP contribution in [-0.4, -0.2) is 19.1 Å². The van der Waals surface area contributed by atoms with Crippen molar-refractivity contribution in [1.29, 1.82) is 0 Å². The Morgan fingerprint density at radius 3 is 2.67 bits per heavy atom. The minimum absolute atomic E-state index is 0.0109. The molecule has 24 heavy (non-hydrogen) atoms. The Labute approximate surface area is 141 Å². The molecule has 0 saturated carbocycles. The van der Waals surface area contributed by atoms with E-state index < -0.39 is 0 Å². The smallest absolute Gasteiger partial charge is 0.265 e. The van der Waals surface area contributed by atoms with Crippen molar-refractivity contribution in [1.82, 2.24) is 0 Å². The standard InChI is InChI=1S/C19H21FN2O2/c1-13(2)11-22-17-8-7-16(9-18(17)24-12-19(22)23)21-10-14-3-5-15(20)6-4-14/h3-9,13,21H,10-12H2,1-2H3. The van der Waals surface area contributed by atoms with Crippen molar-refractivity contribution in [2.75, 3.05) is 23.4 Å². The molecule has 0 fully saturated rings. The van der Waals surface area contributed by atoms with Gasteiger partial charge in [-0.05, 0) is 35.7 Å². The highest BCUT2D eigenvalue weighted by atomic mass is 19.1. The molecular formula is C19H21FN2O2. The van der Waals surface area contributed by atoms with E-state index in [1.165, 1.54) is 12.1 Å². The number of anilines is 2. The molecule has 2 aromatic rings. The SMILES string of the molecule is CC(C)CN1C(=O)COc2cc(NCc3ccc(F)cc3)ccc21. The number of carbonyl (C=O) groups is 1. The molecule has 1 aliphatic heterocycles. The van der Waals surface area contributed by atoms with Crippen molar-refractivity contribution in [2.45, 2.75) is 20.4 Å².